The fraction of sp³-hybridized carbons (Fsp3) is 0.273. The van der Waals surface area contributed by atoms with Gasteiger partial charge < -0.3 is 14.6 Å². The van der Waals surface area contributed by atoms with Crippen molar-refractivity contribution in [2.45, 2.75) is 11.4 Å². The van der Waals surface area contributed by atoms with Gasteiger partial charge in [-0.1, -0.05) is 64.8 Å². The van der Waals surface area contributed by atoms with Crippen molar-refractivity contribution in [3.63, 3.8) is 0 Å². The average Bonchev–Trinajstić information content (AvgIpc) is 3.25. The Morgan fingerprint density at radius 3 is 2.53 bits per heavy atom. The Labute approximate surface area is 184 Å². The van der Waals surface area contributed by atoms with Crippen molar-refractivity contribution in [3.05, 3.63) is 60.2 Å². The normalized spacial score (nSPS) is 14.8. The van der Waals surface area contributed by atoms with Gasteiger partial charge in [0.05, 0.1) is 18.9 Å². The maximum atomic E-state index is 11.9. The highest BCUT2D eigenvalue weighted by molar-refractivity contribution is 6.54. The van der Waals surface area contributed by atoms with E-state index in [0.717, 1.165) is 44.1 Å². The smallest absolute Gasteiger partial charge is 0.257 e. The molecule has 0 bridgehead atoms. The second-order valence-corrected chi connectivity index (χ2v) is 8.05. The van der Waals surface area contributed by atoms with E-state index in [9.17, 15) is 4.79 Å². The van der Waals surface area contributed by atoms with Crippen LogP contribution in [0.1, 0.15) is 5.56 Å². The minimum Gasteiger partial charge on any atom is -0.379 e. The highest BCUT2D eigenvalue weighted by atomic mass is 35.5. The first-order valence-corrected chi connectivity index (χ1v) is 10.5. The number of nitrogens with one attached hydrogen (secondary N) is 1. The molecule has 4 rings (SSSR count). The van der Waals surface area contributed by atoms with Gasteiger partial charge in [-0.3, -0.25) is 9.69 Å². The topological polar surface area (TPSA) is 67.6 Å². The first-order valence-electron chi connectivity index (χ1n) is 9.65. The molecule has 1 amide bonds. The molecule has 1 saturated heterocycles. The Kier molecular flexibility index (Phi) is 6.69. The maximum absolute atomic E-state index is 11.9. The number of carbonyl (C=O) groups excluding carboxylic acids is 1. The highest BCUT2D eigenvalue weighted by Gasteiger charge is 2.19. The van der Waals surface area contributed by atoms with E-state index in [4.69, 9.17) is 32.5 Å². The molecular weight excluding hydrogens is 425 g/mol. The summed E-state index contributed by atoms with van der Waals surface area (Å²) < 4.78 is 11.1. The van der Waals surface area contributed by atoms with E-state index in [-0.39, 0.29) is 0 Å². The minimum absolute atomic E-state index is 0.499. The van der Waals surface area contributed by atoms with E-state index in [0.29, 0.717) is 17.0 Å². The number of nitrogens with zero attached hydrogens (tertiary/aromatic N) is 2. The van der Waals surface area contributed by atoms with Gasteiger partial charge in [-0.05, 0) is 17.7 Å². The molecule has 30 heavy (non-hydrogen) atoms. The zero-order valence-electron chi connectivity index (χ0n) is 16.2. The predicted octanol–water partition coefficient (Wildman–Crippen LogP) is 4.58. The van der Waals surface area contributed by atoms with E-state index >= 15 is 0 Å². The molecule has 0 radical (unpaired) electrons. The molecule has 1 N–H and O–H groups in total. The molecule has 2 aromatic carbocycles. The van der Waals surface area contributed by atoms with Crippen LogP contribution in [-0.2, 0) is 16.1 Å². The van der Waals surface area contributed by atoms with E-state index in [1.807, 2.05) is 42.5 Å². The van der Waals surface area contributed by atoms with Gasteiger partial charge in [-0.15, -0.1) is 0 Å². The van der Waals surface area contributed by atoms with Crippen LogP contribution in [0.4, 0.5) is 5.69 Å². The van der Waals surface area contributed by atoms with E-state index in [2.05, 4.69) is 21.4 Å². The summed E-state index contributed by atoms with van der Waals surface area (Å²) in [6, 6.07) is 17.3. The van der Waals surface area contributed by atoms with Crippen molar-refractivity contribution in [1.29, 1.82) is 0 Å². The van der Waals surface area contributed by atoms with Gasteiger partial charge in [-0.2, -0.15) is 0 Å². The number of hydrogen-bond donors (Lipinski definition) is 1. The number of halogens is 2. The molecule has 1 aliphatic rings. The fourth-order valence-electron chi connectivity index (χ4n) is 3.43. The van der Waals surface area contributed by atoms with Gasteiger partial charge >= 0.3 is 0 Å². The number of anilines is 1. The van der Waals surface area contributed by atoms with Crippen LogP contribution in [0.25, 0.3) is 22.6 Å². The van der Waals surface area contributed by atoms with Crippen molar-refractivity contribution < 1.29 is 14.1 Å². The zero-order chi connectivity index (χ0) is 20.9. The van der Waals surface area contributed by atoms with Crippen LogP contribution in [0.3, 0.4) is 0 Å². The number of amides is 1. The lowest BCUT2D eigenvalue weighted by Gasteiger charge is -2.27. The Morgan fingerprint density at radius 1 is 1.07 bits per heavy atom. The molecule has 2 heterocycles. The number of para-hydroxylation sites is 1. The van der Waals surface area contributed by atoms with Crippen LogP contribution in [0.2, 0.25) is 0 Å². The molecule has 156 valence electrons. The molecule has 1 aromatic heterocycles. The number of hydrogen-bond acceptors (Lipinski definition) is 5. The minimum atomic E-state index is -1.16. The average molecular weight is 446 g/mol. The van der Waals surface area contributed by atoms with Crippen LogP contribution in [0.5, 0.6) is 0 Å². The largest absolute Gasteiger partial charge is 0.379 e. The molecule has 0 atom stereocenters. The van der Waals surface area contributed by atoms with Crippen LogP contribution in [-0.4, -0.2) is 47.1 Å². The lowest BCUT2D eigenvalue weighted by atomic mass is 10.0. The number of aromatic nitrogens is 1. The van der Waals surface area contributed by atoms with Crippen LogP contribution in [0.15, 0.2) is 59.1 Å². The fourth-order valence-corrected chi connectivity index (χ4v) is 3.54. The molecule has 0 aliphatic carbocycles. The van der Waals surface area contributed by atoms with Gasteiger partial charge in [-0.25, -0.2) is 0 Å². The third-order valence-electron chi connectivity index (χ3n) is 4.95. The Balaban J connectivity index is 1.61. The zero-order valence-corrected chi connectivity index (χ0v) is 17.7. The van der Waals surface area contributed by atoms with Crippen molar-refractivity contribution >= 4 is 34.8 Å². The third-order valence-corrected chi connectivity index (χ3v) is 5.35. The monoisotopic (exact) mass is 445 g/mol. The predicted molar refractivity (Wildman–Crippen MR) is 118 cm³/mol. The molecule has 0 saturated carbocycles. The van der Waals surface area contributed by atoms with Crippen molar-refractivity contribution in [2.24, 2.45) is 0 Å². The van der Waals surface area contributed by atoms with Crippen LogP contribution >= 0.6 is 23.2 Å². The van der Waals surface area contributed by atoms with E-state index in [1.54, 1.807) is 6.07 Å². The summed E-state index contributed by atoms with van der Waals surface area (Å²) in [5, 5.41) is 7.00. The third kappa shape index (κ3) is 4.84. The summed E-state index contributed by atoms with van der Waals surface area (Å²) in [5.74, 6) is 0.0455. The van der Waals surface area contributed by atoms with Gasteiger partial charge in [0.15, 0.2) is 10.6 Å². The molecule has 8 heteroatoms. The first kappa shape index (κ1) is 20.9. The van der Waals surface area contributed by atoms with Gasteiger partial charge in [0, 0.05) is 36.8 Å². The second kappa shape index (κ2) is 9.62. The standard InChI is InChI=1S/C22H21Cl2N3O3/c23-21(24)22(28)25-18-8-4-3-7-17(18)20-13-19(26-30-20)16-6-2-1-5-15(16)14-27-9-11-29-12-10-27/h1-8,13,21H,9-12,14H2,(H,25,28). The SMILES string of the molecule is O=C(Nc1ccccc1-c1cc(-c2ccccc2CN2CCOCC2)no1)C(Cl)Cl. The summed E-state index contributed by atoms with van der Waals surface area (Å²) in [7, 11) is 0. The van der Waals surface area contributed by atoms with Gasteiger partial charge in [0.1, 0.15) is 5.69 Å². The molecular formula is C22H21Cl2N3O3. The Hall–Kier alpha value is -2.38. The number of rotatable bonds is 6. The number of benzene rings is 2. The molecule has 3 aromatic rings. The lowest BCUT2D eigenvalue weighted by Crippen LogP contribution is -2.35. The lowest BCUT2D eigenvalue weighted by molar-refractivity contribution is -0.114. The van der Waals surface area contributed by atoms with Crippen LogP contribution < -0.4 is 5.32 Å². The Morgan fingerprint density at radius 2 is 1.77 bits per heavy atom. The number of carbonyl (C=O) groups is 1. The maximum Gasteiger partial charge on any atom is 0.257 e. The number of morpholine rings is 1. The Bertz CT molecular complexity index is 1020. The number of alkyl halides is 2. The van der Waals surface area contributed by atoms with E-state index < -0.39 is 10.7 Å². The number of ether oxygens (including phenoxy) is 1. The summed E-state index contributed by atoms with van der Waals surface area (Å²) in [5.41, 5.74) is 4.18. The summed E-state index contributed by atoms with van der Waals surface area (Å²) in [6.45, 7) is 4.15. The molecule has 0 unspecified atom stereocenters. The van der Waals surface area contributed by atoms with Crippen molar-refractivity contribution in [1.82, 2.24) is 10.1 Å². The molecule has 1 aliphatic heterocycles. The van der Waals surface area contributed by atoms with Crippen molar-refractivity contribution in [3.8, 4) is 22.6 Å². The second-order valence-electron chi connectivity index (χ2n) is 6.96. The van der Waals surface area contributed by atoms with Gasteiger partial charge in [0.25, 0.3) is 5.91 Å². The molecule has 0 spiro atoms. The quantitative estimate of drug-likeness (QED) is 0.562. The summed E-state index contributed by atoms with van der Waals surface area (Å²) in [4.78, 5) is 13.1. The first-order chi connectivity index (χ1) is 14.6. The molecule has 1 fully saturated rings. The summed E-state index contributed by atoms with van der Waals surface area (Å²) in [6.07, 6.45) is 0. The van der Waals surface area contributed by atoms with Gasteiger partial charge in [0.2, 0.25) is 0 Å². The summed E-state index contributed by atoms with van der Waals surface area (Å²) >= 11 is 11.3. The van der Waals surface area contributed by atoms with E-state index in [1.165, 1.54) is 5.56 Å². The molecule has 6 nitrogen and oxygen atoms in total. The van der Waals surface area contributed by atoms with Crippen LogP contribution in [0, 0.1) is 0 Å². The van der Waals surface area contributed by atoms with Crippen molar-refractivity contribution in [2.75, 3.05) is 31.6 Å². The highest BCUT2D eigenvalue weighted by Crippen LogP contribution is 2.33.